The van der Waals surface area contributed by atoms with E-state index in [-0.39, 0.29) is 10.8 Å². The monoisotopic (exact) mass is 334 g/mol. The molecule has 2 aromatic carbocycles. The predicted molar refractivity (Wildman–Crippen MR) is 108 cm³/mol. The third-order valence-corrected chi connectivity index (χ3v) is 5.78. The molecule has 0 heterocycles. The largest absolute Gasteiger partial charge is 0.496 e. The number of hydrogen-bond donors (Lipinski definition) is 0. The molecule has 1 nitrogen and oxygen atoms in total. The minimum atomic E-state index is 0.202. The molecule has 25 heavy (non-hydrogen) atoms. The van der Waals surface area contributed by atoms with E-state index in [9.17, 15) is 0 Å². The molecular weight excluding hydrogens is 304 g/mol. The van der Waals surface area contributed by atoms with Crippen molar-refractivity contribution in [1.29, 1.82) is 0 Å². The fraction of sp³-hybridized carbons (Fsp3) is 0.417. The van der Waals surface area contributed by atoms with Crippen LogP contribution in [-0.4, -0.2) is 7.11 Å². The van der Waals surface area contributed by atoms with Crippen molar-refractivity contribution >= 4 is 11.6 Å². The second kappa shape index (κ2) is 6.37. The maximum atomic E-state index is 5.79. The molecule has 132 valence electrons. The Morgan fingerprint density at radius 1 is 0.920 bits per heavy atom. The highest BCUT2D eigenvalue weighted by Gasteiger charge is 2.37. The number of hydrogen-bond acceptors (Lipinski definition) is 1. The van der Waals surface area contributed by atoms with Gasteiger partial charge in [0.2, 0.25) is 0 Å². The van der Waals surface area contributed by atoms with Crippen molar-refractivity contribution in [3.63, 3.8) is 0 Å². The summed E-state index contributed by atoms with van der Waals surface area (Å²) < 4.78 is 5.79. The van der Waals surface area contributed by atoms with Gasteiger partial charge >= 0.3 is 0 Å². The molecule has 0 fully saturated rings. The van der Waals surface area contributed by atoms with Crippen LogP contribution in [0, 0.1) is 0 Å². The molecule has 0 bridgehead atoms. The first-order valence-corrected chi connectivity index (χ1v) is 9.21. The van der Waals surface area contributed by atoms with Crippen LogP contribution in [0.4, 0.5) is 0 Å². The molecule has 0 saturated heterocycles. The quantitative estimate of drug-likeness (QED) is 0.574. The highest BCUT2D eigenvalue weighted by Crippen LogP contribution is 2.48. The maximum absolute atomic E-state index is 5.79. The van der Waals surface area contributed by atoms with E-state index < -0.39 is 0 Å². The van der Waals surface area contributed by atoms with Crippen molar-refractivity contribution in [2.45, 2.75) is 58.3 Å². The first-order valence-electron chi connectivity index (χ1n) is 9.21. The molecule has 0 aromatic heterocycles. The lowest BCUT2D eigenvalue weighted by atomic mass is 9.62. The fourth-order valence-corrected chi connectivity index (χ4v) is 3.95. The van der Waals surface area contributed by atoms with E-state index in [0.717, 1.165) is 5.75 Å². The van der Waals surface area contributed by atoms with Gasteiger partial charge in [0, 0.05) is 5.56 Å². The van der Waals surface area contributed by atoms with Gasteiger partial charge in [-0.2, -0.15) is 0 Å². The van der Waals surface area contributed by atoms with Gasteiger partial charge in [-0.1, -0.05) is 64.1 Å². The van der Waals surface area contributed by atoms with E-state index in [1.165, 1.54) is 40.7 Å². The Hall–Kier alpha value is -2.02. The highest BCUT2D eigenvalue weighted by atomic mass is 16.5. The number of ether oxygens (including phenoxy) is 1. The Bertz CT molecular complexity index is 794. The standard InChI is InChI=1S/C24H30O/c1-17(14-18-10-8-7-9-11-18)19-15-20-21(16-22(19)25-6)24(4,5)13-12-23(20,2)3/h7-11,14-16H,12-13H2,1-6H3/b17-14+. The van der Waals surface area contributed by atoms with Crippen LogP contribution in [0.25, 0.3) is 11.6 Å². The van der Waals surface area contributed by atoms with E-state index in [2.05, 4.69) is 83.2 Å². The molecule has 0 saturated carbocycles. The lowest BCUT2D eigenvalue weighted by Crippen LogP contribution is -2.34. The number of rotatable bonds is 3. The van der Waals surface area contributed by atoms with Gasteiger partial charge in [-0.25, -0.2) is 0 Å². The molecule has 1 heteroatoms. The maximum Gasteiger partial charge on any atom is 0.126 e. The summed E-state index contributed by atoms with van der Waals surface area (Å²) in [6, 6.07) is 15.2. The van der Waals surface area contributed by atoms with E-state index in [1.54, 1.807) is 7.11 Å². The zero-order chi connectivity index (χ0) is 18.2. The van der Waals surface area contributed by atoms with Crippen LogP contribution in [0.2, 0.25) is 0 Å². The summed E-state index contributed by atoms with van der Waals surface area (Å²) in [7, 11) is 1.78. The number of allylic oxidation sites excluding steroid dienone is 1. The Kier molecular flexibility index (Phi) is 4.53. The molecule has 0 amide bonds. The summed E-state index contributed by atoms with van der Waals surface area (Å²) >= 11 is 0. The Labute approximate surface area is 152 Å². The van der Waals surface area contributed by atoms with Gasteiger partial charge in [0.05, 0.1) is 7.11 Å². The van der Waals surface area contributed by atoms with Crippen LogP contribution in [0.15, 0.2) is 42.5 Å². The zero-order valence-corrected chi connectivity index (χ0v) is 16.4. The van der Waals surface area contributed by atoms with Crippen molar-refractivity contribution in [2.75, 3.05) is 7.11 Å². The van der Waals surface area contributed by atoms with Gasteiger partial charge in [0.1, 0.15) is 5.75 Å². The third-order valence-electron chi connectivity index (χ3n) is 5.78. The average molecular weight is 335 g/mol. The van der Waals surface area contributed by atoms with E-state index >= 15 is 0 Å². The molecule has 3 rings (SSSR count). The number of methoxy groups -OCH3 is 1. The molecule has 0 aliphatic heterocycles. The van der Waals surface area contributed by atoms with E-state index in [0.29, 0.717) is 0 Å². The second-order valence-electron chi connectivity index (χ2n) is 8.60. The molecule has 0 spiro atoms. The van der Waals surface area contributed by atoms with Crippen LogP contribution in [0.5, 0.6) is 5.75 Å². The summed E-state index contributed by atoms with van der Waals surface area (Å²) in [6.45, 7) is 11.6. The second-order valence-corrected chi connectivity index (χ2v) is 8.60. The van der Waals surface area contributed by atoms with Crippen molar-refractivity contribution in [3.05, 3.63) is 64.7 Å². The van der Waals surface area contributed by atoms with E-state index in [4.69, 9.17) is 4.74 Å². The Morgan fingerprint density at radius 3 is 2.04 bits per heavy atom. The predicted octanol–water partition coefficient (Wildman–Crippen LogP) is 6.60. The van der Waals surface area contributed by atoms with Crippen molar-refractivity contribution < 1.29 is 4.74 Å². The van der Waals surface area contributed by atoms with Crippen LogP contribution in [-0.2, 0) is 10.8 Å². The molecule has 1 aliphatic rings. The number of fused-ring (bicyclic) bond motifs is 1. The molecule has 0 unspecified atom stereocenters. The summed E-state index contributed by atoms with van der Waals surface area (Å²) in [5, 5.41) is 0. The van der Waals surface area contributed by atoms with E-state index in [1.807, 2.05) is 0 Å². The molecular formula is C24H30O. The van der Waals surface area contributed by atoms with Crippen LogP contribution in [0.3, 0.4) is 0 Å². The highest BCUT2D eigenvalue weighted by molar-refractivity contribution is 5.83. The molecule has 2 aromatic rings. The SMILES string of the molecule is COc1cc2c(cc1/C(C)=C/c1ccccc1)C(C)(C)CCC2(C)C. The fourth-order valence-electron chi connectivity index (χ4n) is 3.95. The van der Waals surface area contributed by atoms with Gasteiger partial charge in [0.25, 0.3) is 0 Å². The smallest absolute Gasteiger partial charge is 0.126 e. The van der Waals surface area contributed by atoms with Crippen LogP contribution < -0.4 is 4.74 Å². The van der Waals surface area contributed by atoms with Crippen molar-refractivity contribution in [3.8, 4) is 5.75 Å². The summed E-state index contributed by atoms with van der Waals surface area (Å²) in [5.74, 6) is 0.981. The Balaban J connectivity index is 2.17. The normalized spacial score (nSPS) is 18.6. The van der Waals surface area contributed by atoms with Crippen LogP contribution >= 0.6 is 0 Å². The number of benzene rings is 2. The van der Waals surface area contributed by atoms with Gasteiger partial charge in [-0.15, -0.1) is 0 Å². The van der Waals surface area contributed by atoms with Gasteiger partial charge < -0.3 is 4.74 Å². The molecule has 0 N–H and O–H groups in total. The van der Waals surface area contributed by atoms with Gasteiger partial charge in [-0.05, 0) is 65.0 Å². The zero-order valence-electron chi connectivity index (χ0n) is 16.4. The lowest BCUT2D eigenvalue weighted by Gasteiger charge is -2.42. The van der Waals surface area contributed by atoms with Crippen molar-refractivity contribution in [1.82, 2.24) is 0 Å². The minimum Gasteiger partial charge on any atom is -0.496 e. The van der Waals surface area contributed by atoms with Gasteiger partial charge in [0.15, 0.2) is 0 Å². The Morgan fingerprint density at radius 2 is 1.48 bits per heavy atom. The molecule has 1 aliphatic carbocycles. The summed E-state index contributed by atoms with van der Waals surface area (Å²) in [4.78, 5) is 0. The molecule has 0 radical (unpaired) electrons. The third kappa shape index (κ3) is 3.38. The van der Waals surface area contributed by atoms with Crippen molar-refractivity contribution in [2.24, 2.45) is 0 Å². The first-order chi connectivity index (χ1) is 11.7. The minimum absolute atomic E-state index is 0.202. The topological polar surface area (TPSA) is 9.23 Å². The lowest BCUT2D eigenvalue weighted by molar-refractivity contribution is 0.328. The first kappa shape index (κ1) is 17.8. The molecule has 0 atom stereocenters. The average Bonchev–Trinajstić information content (AvgIpc) is 2.59. The summed E-state index contributed by atoms with van der Waals surface area (Å²) in [6.07, 6.45) is 4.68. The summed E-state index contributed by atoms with van der Waals surface area (Å²) in [5.41, 5.74) is 6.99. The van der Waals surface area contributed by atoms with Gasteiger partial charge in [-0.3, -0.25) is 0 Å². The van der Waals surface area contributed by atoms with Crippen LogP contribution in [0.1, 0.15) is 69.7 Å².